The molecule has 0 heterocycles. The van der Waals surface area contributed by atoms with Crippen LogP contribution in [0.15, 0.2) is 30.3 Å². The van der Waals surface area contributed by atoms with Gasteiger partial charge in [-0.05, 0) is 5.56 Å². The molecule has 0 nitrogen and oxygen atoms in total. The summed E-state index contributed by atoms with van der Waals surface area (Å²) in [4.78, 5) is 0. The predicted octanol–water partition coefficient (Wildman–Crippen LogP) is -0.880. The summed E-state index contributed by atoms with van der Waals surface area (Å²) in [6, 6.07) is 10.2. The maximum absolute atomic E-state index is 4.11. The minimum Gasteiger partial charge on any atom is -0.175 e. The smallest absolute Gasteiger partial charge is 0.175 e. The van der Waals surface area contributed by atoms with Crippen LogP contribution in [0.2, 0.25) is 0 Å². The first kappa shape index (κ1) is 9.57. The van der Waals surface area contributed by atoms with Gasteiger partial charge in [-0.25, -0.2) is 0 Å². The molecule has 0 aliphatic heterocycles. The van der Waals surface area contributed by atoms with E-state index in [2.05, 4.69) is 24.8 Å². The largest absolute Gasteiger partial charge is 1.00 e. The minimum atomic E-state index is 0. The predicted molar refractivity (Wildman–Crippen MR) is 39.1 cm³/mol. The summed E-state index contributed by atoms with van der Waals surface area (Å²) in [6.45, 7) is 0. The average Bonchev–Trinajstić information content (AvgIpc) is 1.90. The zero-order valence-corrected chi connectivity index (χ0v) is 8.44. The Morgan fingerprint density at radius 3 is 2.00 bits per heavy atom. The molecule has 1 aromatic carbocycles. The zero-order valence-electron chi connectivity index (χ0n) is 5.54. The molecule has 0 saturated carbocycles. The van der Waals surface area contributed by atoms with Crippen molar-refractivity contribution in [3.63, 3.8) is 0 Å². The summed E-state index contributed by atoms with van der Waals surface area (Å²) in [5.41, 5.74) is 1.27. The van der Waals surface area contributed by atoms with Crippen molar-refractivity contribution in [3.8, 4) is 0 Å². The summed E-state index contributed by atoms with van der Waals surface area (Å²) in [7, 11) is 0. The van der Waals surface area contributed by atoms with E-state index in [0.717, 1.165) is 5.75 Å². The third-order valence-electron chi connectivity index (χ3n) is 1.03. The van der Waals surface area contributed by atoms with Crippen molar-refractivity contribution in [2.45, 2.75) is 5.75 Å². The van der Waals surface area contributed by atoms with Crippen LogP contribution in [0.3, 0.4) is 0 Å². The maximum atomic E-state index is 4.11. The van der Waals surface area contributed by atoms with Gasteiger partial charge in [0.1, 0.15) is 0 Å². The van der Waals surface area contributed by atoms with Crippen LogP contribution in [0.4, 0.5) is 0 Å². The van der Waals surface area contributed by atoms with Crippen molar-refractivity contribution >= 4 is 12.6 Å². The molecule has 0 aromatic heterocycles. The second-order valence-electron chi connectivity index (χ2n) is 1.64. The molecule has 0 unspecified atom stereocenters. The van der Waals surface area contributed by atoms with Crippen LogP contribution in [0.25, 0.3) is 0 Å². The number of thiol groups is 1. The van der Waals surface area contributed by atoms with Crippen LogP contribution >= 0.6 is 12.6 Å². The van der Waals surface area contributed by atoms with Gasteiger partial charge in [0.2, 0.25) is 0 Å². The van der Waals surface area contributed by atoms with Crippen molar-refractivity contribution < 1.29 is 29.6 Å². The molecule has 0 bridgehead atoms. The monoisotopic (exact) mass is 147 g/mol. The first-order valence-electron chi connectivity index (χ1n) is 2.58. The second kappa shape index (κ2) is 5.36. The van der Waals surface area contributed by atoms with Crippen LogP contribution < -0.4 is 29.6 Å². The molecule has 0 N–H and O–H groups in total. The van der Waals surface area contributed by atoms with Gasteiger partial charge < -0.3 is 0 Å². The fraction of sp³-hybridized carbons (Fsp3) is 0.143. The van der Waals surface area contributed by atoms with Crippen LogP contribution in [0, 0.1) is 0 Å². The number of benzene rings is 1. The molecule has 2 heteroatoms. The molecule has 0 spiro atoms. The van der Waals surface area contributed by atoms with Crippen molar-refractivity contribution in [3.05, 3.63) is 35.9 Å². The summed E-state index contributed by atoms with van der Waals surface area (Å²) in [5.74, 6) is 0.834. The maximum Gasteiger partial charge on any atom is 1.00 e. The standard InChI is InChI=1S/C7H8S.Na/c8-6-7-4-2-1-3-5-7;/h1-5,8H,6H2;/q;+1. The van der Waals surface area contributed by atoms with Crippen molar-refractivity contribution in [2.75, 3.05) is 0 Å². The average molecular weight is 147 g/mol. The number of hydrogen-bond donors (Lipinski definition) is 1. The first-order chi connectivity index (χ1) is 3.93. The summed E-state index contributed by atoms with van der Waals surface area (Å²) >= 11 is 4.11. The van der Waals surface area contributed by atoms with E-state index in [1.807, 2.05) is 18.2 Å². The van der Waals surface area contributed by atoms with Crippen LogP contribution in [0.5, 0.6) is 0 Å². The van der Waals surface area contributed by atoms with Crippen LogP contribution in [-0.2, 0) is 5.75 Å². The second-order valence-corrected chi connectivity index (χ2v) is 1.96. The Morgan fingerprint density at radius 1 is 1.11 bits per heavy atom. The van der Waals surface area contributed by atoms with Crippen molar-refractivity contribution in [2.24, 2.45) is 0 Å². The number of hydrogen-bond acceptors (Lipinski definition) is 1. The molecular formula is C7H8NaS+. The molecule has 0 radical (unpaired) electrons. The van der Waals surface area contributed by atoms with Gasteiger partial charge in [0.05, 0.1) is 0 Å². The molecule has 0 saturated heterocycles. The van der Waals surface area contributed by atoms with Crippen LogP contribution in [0.1, 0.15) is 5.56 Å². The van der Waals surface area contributed by atoms with E-state index in [0.29, 0.717) is 0 Å². The molecule has 1 aromatic rings. The Labute approximate surface area is 83.4 Å². The summed E-state index contributed by atoms with van der Waals surface area (Å²) in [6.07, 6.45) is 0. The third-order valence-corrected chi connectivity index (χ3v) is 1.39. The van der Waals surface area contributed by atoms with Gasteiger partial charge in [0.15, 0.2) is 0 Å². The SMILES string of the molecule is SCc1ccccc1.[Na+]. The summed E-state index contributed by atoms with van der Waals surface area (Å²) in [5, 5.41) is 0. The van der Waals surface area contributed by atoms with Crippen LogP contribution in [-0.4, -0.2) is 0 Å². The van der Waals surface area contributed by atoms with Gasteiger partial charge >= 0.3 is 29.6 Å². The number of rotatable bonds is 1. The van der Waals surface area contributed by atoms with E-state index in [1.165, 1.54) is 5.56 Å². The van der Waals surface area contributed by atoms with E-state index in [9.17, 15) is 0 Å². The van der Waals surface area contributed by atoms with Gasteiger partial charge in [-0.1, -0.05) is 30.3 Å². The Hall–Kier alpha value is 0.570. The molecule has 42 valence electrons. The Morgan fingerprint density at radius 2 is 1.67 bits per heavy atom. The normalized spacial score (nSPS) is 8.11. The van der Waals surface area contributed by atoms with Crippen molar-refractivity contribution in [1.29, 1.82) is 0 Å². The van der Waals surface area contributed by atoms with Crippen molar-refractivity contribution in [1.82, 2.24) is 0 Å². The van der Waals surface area contributed by atoms with E-state index in [1.54, 1.807) is 0 Å². The zero-order chi connectivity index (χ0) is 5.82. The van der Waals surface area contributed by atoms with E-state index in [-0.39, 0.29) is 29.6 Å². The van der Waals surface area contributed by atoms with Gasteiger partial charge in [0, 0.05) is 5.75 Å². The van der Waals surface area contributed by atoms with Gasteiger partial charge in [-0.15, -0.1) is 0 Å². The van der Waals surface area contributed by atoms with E-state index < -0.39 is 0 Å². The molecule has 0 atom stereocenters. The molecule has 0 aliphatic rings. The van der Waals surface area contributed by atoms with E-state index >= 15 is 0 Å². The fourth-order valence-corrected chi connectivity index (χ4v) is 0.794. The molecule has 0 aliphatic carbocycles. The van der Waals surface area contributed by atoms with Gasteiger partial charge in [-0.3, -0.25) is 0 Å². The molecular weight excluding hydrogens is 139 g/mol. The molecule has 0 fully saturated rings. The first-order valence-corrected chi connectivity index (χ1v) is 3.21. The van der Waals surface area contributed by atoms with E-state index in [4.69, 9.17) is 0 Å². The fourth-order valence-electron chi connectivity index (χ4n) is 0.583. The van der Waals surface area contributed by atoms with Gasteiger partial charge in [0.25, 0.3) is 0 Å². The van der Waals surface area contributed by atoms with Gasteiger partial charge in [-0.2, -0.15) is 12.6 Å². The quantitative estimate of drug-likeness (QED) is 0.387. The Bertz CT molecular complexity index is 150. The summed E-state index contributed by atoms with van der Waals surface area (Å²) < 4.78 is 0. The minimum absolute atomic E-state index is 0. The third kappa shape index (κ3) is 3.31. The topological polar surface area (TPSA) is 0 Å². The Kier molecular flexibility index (Phi) is 5.70. The molecule has 9 heavy (non-hydrogen) atoms. The molecule has 0 amide bonds. The molecule has 1 rings (SSSR count). The Balaban J connectivity index is 0.000000640.